The van der Waals surface area contributed by atoms with E-state index in [2.05, 4.69) is 15.5 Å². The van der Waals surface area contributed by atoms with E-state index in [4.69, 9.17) is 4.74 Å². The average Bonchev–Trinajstić information content (AvgIpc) is 3.24. The maximum atomic E-state index is 13.8. The molecule has 0 radical (unpaired) electrons. The van der Waals surface area contributed by atoms with Gasteiger partial charge in [0.15, 0.2) is 0 Å². The molecule has 3 aromatic carbocycles. The molecule has 0 bridgehead atoms. The van der Waals surface area contributed by atoms with Crippen LogP contribution in [0, 0.1) is 17.5 Å². The first-order valence-corrected chi connectivity index (χ1v) is 10.1. The molecule has 0 saturated heterocycles. The van der Waals surface area contributed by atoms with E-state index in [9.17, 15) is 13.2 Å². The van der Waals surface area contributed by atoms with Crippen LogP contribution in [-0.2, 0) is 6.61 Å². The van der Waals surface area contributed by atoms with Crippen LogP contribution in [0.1, 0.15) is 11.1 Å². The number of nitrogens with zero attached hydrogens (tertiary/aromatic N) is 2. The molecule has 0 aliphatic carbocycles. The fourth-order valence-electron chi connectivity index (χ4n) is 2.76. The van der Waals surface area contributed by atoms with Crippen molar-refractivity contribution in [2.75, 3.05) is 5.43 Å². The molecule has 0 aliphatic heterocycles. The standard InChI is InChI=1S/C23H16F3N3OS/c24-18-9-7-17(20(26)10-18)13-30-22-11-19(25)8-6-16(22)12-27-29-23-28-21(14-31-23)15-4-2-1-3-5-15/h1-12,14H,13H2,(H,28,29). The second-order valence-corrected chi connectivity index (χ2v) is 7.34. The summed E-state index contributed by atoms with van der Waals surface area (Å²) in [6.07, 6.45) is 1.46. The number of anilines is 1. The Morgan fingerprint density at radius 2 is 1.74 bits per heavy atom. The predicted octanol–water partition coefficient (Wildman–Crippen LogP) is 6.25. The molecule has 0 spiro atoms. The molecule has 0 unspecified atom stereocenters. The van der Waals surface area contributed by atoms with Crippen molar-refractivity contribution in [1.29, 1.82) is 0 Å². The Kier molecular flexibility index (Phi) is 6.28. The van der Waals surface area contributed by atoms with Gasteiger partial charge in [-0.3, -0.25) is 5.43 Å². The van der Waals surface area contributed by atoms with Gasteiger partial charge in [0, 0.05) is 34.2 Å². The van der Waals surface area contributed by atoms with Crippen LogP contribution in [0.15, 0.2) is 77.2 Å². The number of halogens is 3. The van der Waals surface area contributed by atoms with Gasteiger partial charge in [0.2, 0.25) is 5.13 Å². The summed E-state index contributed by atoms with van der Waals surface area (Å²) in [5, 5.41) is 6.64. The zero-order valence-corrected chi connectivity index (χ0v) is 16.9. The van der Waals surface area contributed by atoms with Gasteiger partial charge in [-0.05, 0) is 24.3 Å². The van der Waals surface area contributed by atoms with Crippen LogP contribution < -0.4 is 10.2 Å². The second-order valence-electron chi connectivity index (χ2n) is 6.48. The molecule has 4 aromatic rings. The zero-order valence-electron chi connectivity index (χ0n) is 16.1. The Morgan fingerprint density at radius 1 is 0.968 bits per heavy atom. The average molecular weight is 439 g/mol. The minimum absolute atomic E-state index is 0.155. The number of hydrogen-bond acceptors (Lipinski definition) is 5. The number of rotatable bonds is 7. The van der Waals surface area contributed by atoms with E-state index in [-0.39, 0.29) is 17.9 Å². The number of aromatic nitrogens is 1. The molecule has 1 N–H and O–H groups in total. The number of ether oxygens (including phenoxy) is 1. The number of nitrogens with one attached hydrogen (secondary N) is 1. The SMILES string of the molecule is Fc1ccc(COc2cc(F)ccc2C=NNc2nc(-c3ccccc3)cs2)c(F)c1. The Balaban J connectivity index is 1.45. The quantitative estimate of drug-likeness (QED) is 0.273. The number of thiazole rings is 1. The fourth-order valence-corrected chi connectivity index (χ4v) is 3.43. The zero-order chi connectivity index (χ0) is 21.6. The second kappa shape index (κ2) is 9.44. The van der Waals surface area contributed by atoms with Gasteiger partial charge < -0.3 is 4.74 Å². The van der Waals surface area contributed by atoms with E-state index in [0.717, 1.165) is 23.4 Å². The summed E-state index contributed by atoms with van der Waals surface area (Å²) in [4.78, 5) is 4.47. The van der Waals surface area contributed by atoms with Gasteiger partial charge in [-0.15, -0.1) is 11.3 Å². The van der Waals surface area contributed by atoms with Crippen molar-refractivity contribution >= 4 is 22.7 Å². The van der Waals surface area contributed by atoms with Gasteiger partial charge in [-0.1, -0.05) is 30.3 Å². The third kappa shape index (κ3) is 5.29. The lowest BCUT2D eigenvalue weighted by Crippen LogP contribution is -2.02. The molecular weight excluding hydrogens is 423 g/mol. The molecule has 0 saturated carbocycles. The van der Waals surface area contributed by atoms with Crippen LogP contribution in [0.3, 0.4) is 0 Å². The summed E-state index contributed by atoms with van der Waals surface area (Å²) in [6, 6.07) is 16.9. The molecule has 0 fully saturated rings. The Bertz CT molecular complexity index is 1210. The first kappa shape index (κ1) is 20.6. The molecule has 0 aliphatic rings. The fraction of sp³-hybridized carbons (Fsp3) is 0.0435. The van der Waals surface area contributed by atoms with E-state index >= 15 is 0 Å². The van der Waals surface area contributed by atoms with Crippen molar-refractivity contribution in [3.63, 3.8) is 0 Å². The summed E-state index contributed by atoms with van der Waals surface area (Å²) < 4.78 is 46.1. The van der Waals surface area contributed by atoms with Crippen LogP contribution in [0.25, 0.3) is 11.3 Å². The summed E-state index contributed by atoms with van der Waals surface area (Å²) in [7, 11) is 0. The van der Waals surface area contributed by atoms with Gasteiger partial charge in [0.1, 0.15) is 29.8 Å². The van der Waals surface area contributed by atoms with Crippen LogP contribution in [-0.4, -0.2) is 11.2 Å². The molecule has 4 rings (SSSR count). The highest BCUT2D eigenvalue weighted by Crippen LogP contribution is 2.25. The summed E-state index contributed by atoms with van der Waals surface area (Å²) in [5.41, 5.74) is 5.31. The first-order chi connectivity index (χ1) is 15.1. The molecular formula is C23H16F3N3OS. The molecule has 0 atom stereocenters. The third-order valence-electron chi connectivity index (χ3n) is 4.31. The van der Waals surface area contributed by atoms with Crippen LogP contribution >= 0.6 is 11.3 Å². The van der Waals surface area contributed by atoms with Crippen LogP contribution in [0.4, 0.5) is 18.3 Å². The van der Waals surface area contributed by atoms with Gasteiger partial charge >= 0.3 is 0 Å². The van der Waals surface area contributed by atoms with Crippen molar-refractivity contribution in [2.24, 2.45) is 5.10 Å². The van der Waals surface area contributed by atoms with E-state index in [1.165, 1.54) is 41.8 Å². The molecule has 1 aromatic heterocycles. The maximum Gasteiger partial charge on any atom is 0.203 e. The lowest BCUT2D eigenvalue weighted by molar-refractivity contribution is 0.297. The van der Waals surface area contributed by atoms with Gasteiger partial charge in [0.25, 0.3) is 0 Å². The summed E-state index contributed by atoms with van der Waals surface area (Å²) in [6.45, 7) is -0.184. The molecule has 0 amide bonds. The topological polar surface area (TPSA) is 46.5 Å². The van der Waals surface area contributed by atoms with Gasteiger partial charge in [-0.25, -0.2) is 18.2 Å². The highest BCUT2D eigenvalue weighted by atomic mass is 32.1. The molecule has 31 heavy (non-hydrogen) atoms. The molecule has 8 heteroatoms. The van der Waals surface area contributed by atoms with E-state index in [0.29, 0.717) is 10.7 Å². The van der Waals surface area contributed by atoms with Crippen molar-refractivity contribution < 1.29 is 17.9 Å². The maximum absolute atomic E-state index is 13.8. The van der Waals surface area contributed by atoms with Crippen molar-refractivity contribution in [1.82, 2.24) is 4.98 Å². The minimum Gasteiger partial charge on any atom is -0.488 e. The van der Waals surface area contributed by atoms with Gasteiger partial charge in [0.05, 0.1) is 11.9 Å². The highest BCUT2D eigenvalue weighted by molar-refractivity contribution is 7.14. The van der Waals surface area contributed by atoms with E-state index in [1.54, 1.807) is 0 Å². The van der Waals surface area contributed by atoms with Crippen molar-refractivity contribution in [3.05, 3.63) is 101 Å². The molecule has 156 valence electrons. The summed E-state index contributed by atoms with van der Waals surface area (Å²) in [5.74, 6) is -1.74. The Labute approximate surface area is 180 Å². The van der Waals surface area contributed by atoms with Crippen molar-refractivity contribution in [3.8, 4) is 17.0 Å². The minimum atomic E-state index is -0.730. The lowest BCUT2D eigenvalue weighted by atomic mass is 10.2. The molecule has 4 nitrogen and oxygen atoms in total. The van der Waals surface area contributed by atoms with Crippen LogP contribution in [0.5, 0.6) is 5.75 Å². The summed E-state index contributed by atoms with van der Waals surface area (Å²) >= 11 is 1.40. The number of hydrazone groups is 1. The molecule has 1 heterocycles. The third-order valence-corrected chi connectivity index (χ3v) is 5.06. The largest absolute Gasteiger partial charge is 0.488 e. The van der Waals surface area contributed by atoms with Gasteiger partial charge in [-0.2, -0.15) is 5.10 Å². The highest BCUT2D eigenvalue weighted by Gasteiger charge is 2.09. The Morgan fingerprint density at radius 3 is 2.55 bits per heavy atom. The number of hydrogen-bond donors (Lipinski definition) is 1. The smallest absolute Gasteiger partial charge is 0.203 e. The number of benzene rings is 3. The monoisotopic (exact) mass is 439 g/mol. The first-order valence-electron chi connectivity index (χ1n) is 9.25. The van der Waals surface area contributed by atoms with E-state index in [1.807, 2.05) is 35.7 Å². The normalized spacial score (nSPS) is 11.1. The Hall–Kier alpha value is -3.65. The lowest BCUT2D eigenvalue weighted by Gasteiger charge is -2.10. The van der Waals surface area contributed by atoms with Crippen molar-refractivity contribution in [2.45, 2.75) is 6.61 Å². The van der Waals surface area contributed by atoms with E-state index < -0.39 is 17.5 Å². The van der Waals surface area contributed by atoms with Crippen LogP contribution in [0.2, 0.25) is 0 Å². The predicted molar refractivity (Wildman–Crippen MR) is 116 cm³/mol.